The van der Waals surface area contributed by atoms with E-state index in [1.165, 1.54) is 0 Å². The van der Waals surface area contributed by atoms with E-state index in [4.69, 9.17) is 0 Å². The summed E-state index contributed by atoms with van der Waals surface area (Å²) in [5.74, 6) is -0.0184. The molecule has 1 aromatic carbocycles. The summed E-state index contributed by atoms with van der Waals surface area (Å²) in [5, 5.41) is 4.17. The second-order valence-corrected chi connectivity index (χ2v) is 4.86. The number of aryl methyl sites for hydroxylation is 1. The van der Waals surface area contributed by atoms with Crippen molar-refractivity contribution < 1.29 is 4.79 Å². The number of rotatable bonds is 4. The van der Waals surface area contributed by atoms with Gasteiger partial charge in [0.2, 0.25) is 0 Å². The van der Waals surface area contributed by atoms with Gasteiger partial charge in [0.25, 0.3) is 0 Å². The highest BCUT2D eigenvalue weighted by molar-refractivity contribution is 6.06. The second kappa shape index (κ2) is 5.65. The van der Waals surface area contributed by atoms with Crippen LogP contribution in [0.5, 0.6) is 0 Å². The Morgan fingerprint density at radius 2 is 2.05 bits per heavy atom. The zero-order valence-electron chi connectivity index (χ0n) is 11.5. The maximum absolute atomic E-state index is 12.0. The summed E-state index contributed by atoms with van der Waals surface area (Å²) in [6.45, 7) is 6.09. The summed E-state index contributed by atoms with van der Waals surface area (Å²) in [7, 11) is 0. The van der Waals surface area contributed by atoms with Crippen molar-refractivity contribution in [2.75, 3.05) is 0 Å². The molecule has 0 N–H and O–H groups in total. The third-order valence-corrected chi connectivity index (χ3v) is 3.02. The molecule has 0 aliphatic rings. The first kappa shape index (κ1) is 13.3. The summed E-state index contributed by atoms with van der Waals surface area (Å²) < 4.78 is 1.79. The predicted octanol–water partition coefficient (Wildman–Crippen LogP) is 3.67. The summed E-state index contributed by atoms with van der Waals surface area (Å²) in [4.78, 5) is 12.0. The van der Waals surface area contributed by atoms with Crippen LogP contribution in [0.15, 0.2) is 42.7 Å². The van der Waals surface area contributed by atoms with Crippen molar-refractivity contribution in [1.29, 1.82) is 0 Å². The summed E-state index contributed by atoms with van der Waals surface area (Å²) >= 11 is 0. The Labute approximate surface area is 113 Å². The molecule has 0 fully saturated rings. The summed E-state index contributed by atoms with van der Waals surface area (Å²) in [6, 6.07) is 8.24. The summed E-state index contributed by atoms with van der Waals surface area (Å²) in [6.07, 6.45) is 6.86. The molecule has 1 aromatic heterocycles. The fourth-order valence-corrected chi connectivity index (χ4v) is 1.78. The molecule has 0 atom stereocenters. The van der Waals surface area contributed by atoms with Gasteiger partial charge in [0.15, 0.2) is 5.78 Å². The van der Waals surface area contributed by atoms with Gasteiger partial charge in [0.1, 0.15) is 0 Å². The van der Waals surface area contributed by atoms with E-state index in [9.17, 15) is 4.79 Å². The topological polar surface area (TPSA) is 34.9 Å². The van der Waals surface area contributed by atoms with E-state index in [-0.39, 0.29) is 11.8 Å². The lowest BCUT2D eigenvalue weighted by Crippen LogP contribution is -2.00. The van der Waals surface area contributed by atoms with E-state index in [2.05, 4.69) is 5.10 Å². The molecule has 0 aliphatic heterocycles. The lowest BCUT2D eigenvalue weighted by atomic mass is 10.1. The molecule has 3 heteroatoms. The smallest absolute Gasteiger partial charge is 0.189 e. The first-order valence-electron chi connectivity index (χ1n) is 6.40. The van der Waals surface area contributed by atoms with Crippen LogP contribution in [0, 0.1) is 6.92 Å². The SMILES string of the molecule is Cc1ccccc1/C=C/C(=O)c1cnn(C(C)C)c1. The fraction of sp³-hybridized carbons (Fsp3) is 0.250. The molecular weight excluding hydrogens is 236 g/mol. The lowest BCUT2D eigenvalue weighted by Gasteiger charge is -2.02. The van der Waals surface area contributed by atoms with Gasteiger partial charge < -0.3 is 0 Å². The van der Waals surface area contributed by atoms with Crippen LogP contribution in [0.1, 0.15) is 41.4 Å². The van der Waals surface area contributed by atoms with Gasteiger partial charge in [-0.25, -0.2) is 0 Å². The number of aromatic nitrogens is 2. The zero-order valence-corrected chi connectivity index (χ0v) is 11.5. The lowest BCUT2D eigenvalue weighted by molar-refractivity contribution is 0.104. The van der Waals surface area contributed by atoms with Gasteiger partial charge >= 0.3 is 0 Å². The van der Waals surface area contributed by atoms with Crippen molar-refractivity contribution in [1.82, 2.24) is 9.78 Å². The fourth-order valence-electron chi connectivity index (χ4n) is 1.78. The first-order chi connectivity index (χ1) is 9.08. The largest absolute Gasteiger partial charge is 0.289 e. The Hall–Kier alpha value is -2.16. The number of carbonyl (C=O) groups excluding carboxylic acids is 1. The number of hydrogen-bond donors (Lipinski definition) is 0. The van der Waals surface area contributed by atoms with Crippen LogP contribution >= 0.6 is 0 Å². The van der Waals surface area contributed by atoms with Crippen LogP contribution in [0.25, 0.3) is 6.08 Å². The molecule has 0 spiro atoms. The molecule has 0 saturated carbocycles. The van der Waals surface area contributed by atoms with Crippen LogP contribution in [0.4, 0.5) is 0 Å². The minimum absolute atomic E-state index is 0.0184. The number of ketones is 1. The Kier molecular flexibility index (Phi) is 3.95. The van der Waals surface area contributed by atoms with E-state index in [1.807, 2.05) is 51.1 Å². The number of benzene rings is 1. The van der Waals surface area contributed by atoms with Crippen LogP contribution in [-0.4, -0.2) is 15.6 Å². The third kappa shape index (κ3) is 3.19. The van der Waals surface area contributed by atoms with E-state index in [0.29, 0.717) is 5.56 Å². The molecule has 98 valence electrons. The molecule has 0 unspecified atom stereocenters. The number of allylic oxidation sites excluding steroid dienone is 1. The third-order valence-electron chi connectivity index (χ3n) is 3.02. The molecule has 19 heavy (non-hydrogen) atoms. The standard InChI is InChI=1S/C16H18N2O/c1-12(2)18-11-15(10-17-18)16(19)9-8-14-7-5-4-6-13(14)3/h4-12H,1-3H3/b9-8+. The van der Waals surface area contributed by atoms with Gasteiger partial charge in [-0.2, -0.15) is 5.10 Å². The van der Waals surface area contributed by atoms with Crippen molar-refractivity contribution in [3.8, 4) is 0 Å². The first-order valence-corrected chi connectivity index (χ1v) is 6.40. The average molecular weight is 254 g/mol. The maximum Gasteiger partial charge on any atom is 0.189 e. The van der Waals surface area contributed by atoms with E-state index in [1.54, 1.807) is 23.2 Å². The van der Waals surface area contributed by atoms with E-state index >= 15 is 0 Å². The van der Waals surface area contributed by atoms with Crippen LogP contribution in [0.3, 0.4) is 0 Å². The van der Waals surface area contributed by atoms with Crippen molar-refractivity contribution in [3.05, 3.63) is 59.4 Å². The highest BCUT2D eigenvalue weighted by Gasteiger charge is 2.07. The Morgan fingerprint density at radius 3 is 2.68 bits per heavy atom. The molecule has 0 aliphatic carbocycles. The number of hydrogen-bond acceptors (Lipinski definition) is 2. The van der Waals surface area contributed by atoms with Crippen LogP contribution < -0.4 is 0 Å². The Morgan fingerprint density at radius 1 is 1.32 bits per heavy atom. The quantitative estimate of drug-likeness (QED) is 0.616. The Bertz CT molecular complexity index is 609. The molecule has 0 saturated heterocycles. The minimum atomic E-state index is -0.0184. The van der Waals surface area contributed by atoms with Gasteiger partial charge in [-0.1, -0.05) is 30.3 Å². The van der Waals surface area contributed by atoms with Crippen molar-refractivity contribution in [2.24, 2.45) is 0 Å². The van der Waals surface area contributed by atoms with E-state index < -0.39 is 0 Å². The molecule has 0 bridgehead atoms. The molecule has 1 heterocycles. The normalized spacial score (nSPS) is 11.4. The van der Waals surface area contributed by atoms with Crippen LogP contribution in [0.2, 0.25) is 0 Å². The molecular formula is C16H18N2O. The predicted molar refractivity (Wildman–Crippen MR) is 77.2 cm³/mol. The molecule has 0 radical (unpaired) electrons. The molecule has 0 amide bonds. The van der Waals surface area contributed by atoms with Gasteiger partial charge in [0, 0.05) is 12.2 Å². The van der Waals surface area contributed by atoms with Gasteiger partial charge in [-0.15, -0.1) is 0 Å². The maximum atomic E-state index is 12.0. The number of carbonyl (C=O) groups is 1. The monoisotopic (exact) mass is 254 g/mol. The van der Waals surface area contributed by atoms with Gasteiger partial charge in [-0.3, -0.25) is 9.48 Å². The molecule has 2 rings (SSSR count). The van der Waals surface area contributed by atoms with E-state index in [0.717, 1.165) is 11.1 Å². The molecule has 2 aromatic rings. The minimum Gasteiger partial charge on any atom is -0.289 e. The van der Waals surface area contributed by atoms with Crippen molar-refractivity contribution in [3.63, 3.8) is 0 Å². The van der Waals surface area contributed by atoms with Gasteiger partial charge in [-0.05, 0) is 38.0 Å². The van der Waals surface area contributed by atoms with Gasteiger partial charge in [0.05, 0.1) is 11.8 Å². The average Bonchev–Trinajstić information content (AvgIpc) is 2.87. The number of nitrogens with zero attached hydrogens (tertiary/aromatic N) is 2. The second-order valence-electron chi connectivity index (χ2n) is 4.86. The highest BCUT2D eigenvalue weighted by Crippen LogP contribution is 2.11. The van der Waals surface area contributed by atoms with Crippen LogP contribution in [-0.2, 0) is 0 Å². The van der Waals surface area contributed by atoms with Crippen molar-refractivity contribution in [2.45, 2.75) is 26.8 Å². The Balaban J connectivity index is 2.14. The summed E-state index contributed by atoms with van der Waals surface area (Å²) in [5.41, 5.74) is 2.84. The van der Waals surface area contributed by atoms with Crippen molar-refractivity contribution >= 4 is 11.9 Å². The highest BCUT2D eigenvalue weighted by atomic mass is 16.1. The molecule has 3 nitrogen and oxygen atoms in total. The zero-order chi connectivity index (χ0) is 13.8.